The van der Waals surface area contributed by atoms with E-state index in [-0.39, 0.29) is 0 Å². The van der Waals surface area contributed by atoms with Crippen LogP contribution in [0, 0.1) is 5.41 Å². The normalized spacial score (nSPS) is 16.3. The minimum atomic E-state index is -7.24. The molecule has 248 valence electrons. The molecule has 41 heavy (non-hydrogen) atoms. The van der Waals surface area contributed by atoms with Gasteiger partial charge in [-0.05, 0) is 6.42 Å². The summed E-state index contributed by atoms with van der Waals surface area (Å²) in [6, 6.07) is 0. The minimum Gasteiger partial charge on any atom is -0.324 e. The van der Waals surface area contributed by atoms with Crippen LogP contribution in [0.25, 0.3) is 0 Å². The molecular formula is C7H26N2O24P8. The summed E-state index contributed by atoms with van der Waals surface area (Å²) in [6.07, 6.45) is -3.15. The van der Waals surface area contributed by atoms with Gasteiger partial charge in [-0.25, -0.2) is 0 Å². The lowest BCUT2D eigenvalue weighted by molar-refractivity contribution is 0.158. The van der Waals surface area contributed by atoms with Crippen molar-refractivity contribution in [3.05, 3.63) is 0 Å². The molecule has 0 aliphatic rings. The lowest BCUT2D eigenvalue weighted by Gasteiger charge is -2.52. The number of nitrogens with two attached hydrogens (primary N) is 2. The summed E-state index contributed by atoms with van der Waals surface area (Å²) in [6.45, 7) is 0. The first-order valence-corrected chi connectivity index (χ1v) is 22.6. The lowest BCUT2D eigenvalue weighted by Crippen LogP contribution is -2.65. The van der Waals surface area contributed by atoms with Crippen LogP contribution in [-0.2, 0) is 36.5 Å². The Bertz CT molecular complexity index is 1170. The van der Waals surface area contributed by atoms with Gasteiger partial charge in [0.05, 0.1) is 11.1 Å². The third-order valence-corrected chi connectivity index (χ3v) is 21.2. The zero-order valence-corrected chi connectivity index (χ0v) is 26.3. The van der Waals surface area contributed by atoms with Crippen molar-refractivity contribution in [1.82, 2.24) is 0 Å². The van der Waals surface area contributed by atoms with Gasteiger partial charge in [-0.3, -0.25) is 36.5 Å². The maximum atomic E-state index is 12.4. The van der Waals surface area contributed by atoms with Crippen molar-refractivity contribution in [2.24, 2.45) is 16.9 Å². The van der Waals surface area contributed by atoms with E-state index < -0.39 is 99.9 Å². The van der Waals surface area contributed by atoms with Crippen LogP contribution in [0.4, 0.5) is 0 Å². The van der Waals surface area contributed by atoms with Gasteiger partial charge in [0, 0.05) is 0 Å². The SMILES string of the molecule is NC(N)(CC(C(P(=O)(O)O)P(=O)(O)O)(C(P(=O)(O)O)P(=O)(O)O)C(P(=O)(O)O)P(=O)(O)O)C(P(=O)(O)O)P(=O)(O)O. The fourth-order valence-electron chi connectivity index (χ4n) is 4.58. The topological polar surface area (TPSA) is 512 Å². The zero-order chi connectivity index (χ0) is 34.0. The summed E-state index contributed by atoms with van der Waals surface area (Å²) in [5.41, 5.74) is 0.612. The Balaban J connectivity index is 9.26. The largest absolute Gasteiger partial charge is 0.343 e. The predicted molar refractivity (Wildman–Crippen MR) is 130 cm³/mol. The first-order chi connectivity index (χ1) is 17.2. The van der Waals surface area contributed by atoms with Crippen LogP contribution in [0.2, 0.25) is 0 Å². The second-order valence-corrected chi connectivity index (χ2v) is 23.8. The van der Waals surface area contributed by atoms with E-state index in [9.17, 15) is 115 Å². The van der Waals surface area contributed by atoms with Crippen molar-refractivity contribution in [2.75, 3.05) is 0 Å². The highest BCUT2D eigenvalue weighted by Crippen LogP contribution is 2.84. The van der Waals surface area contributed by atoms with E-state index in [1.807, 2.05) is 0 Å². The lowest BCUT2D eigenvalue weighted by atomic mass is 9.83. The van der Waals surface area contributed by atoms with Crippen molar-refractivity contribution in [3.63, 3.8) is 0 Å². The van der Waals surface area contributed by atoms with E-state index >= 15 is 0 Å². The first kappa shape index (κ1) is 42.1. The molecule has 0 bridgehead atoms. The summed E-state index contributed by atoms with van der Waals surface area (Å²) >= 11 is 0. The molecule has 0 aromatic heterocycles. The fourth-order valence-corrected chi connectivity index (χ4v) is 19.8. The van der Waals surface area contributed by atoms with E-state index in [1.165, 1.54) is 0 Å². The fraction of sp³-hybridized carbons (Fsp3) is 1.00. The highest BCUT2D eigenvalue weighted by molar-refractivity contribution is 7.75. The molecule has 0 saturated carbocycles. The molecule has 0 unspecified atom stereocenters. The standard InChI is InChI=1S/C7H26N2O24P8/c8-7(9,5(40(28,29)30)41(31,32)33)1-6(2(34(10,11)12)35(13,14)15,3(36(16,17)18)37(19,20)21)4(38(22,23)24)39(25,26)27/h2-5H,1,8-9H2,(H2,10,11,12)(H2,13,14,15)(H2,16,17,18)(H2,19,20,21)(H2,22,23,24)(H2,25,26,27)(H2,28,29,30)(H2,31,32,33). The van der Waals surface area contributed by atoms with Gasteiger partial charge in [-0.2, -0.15) is 0 Å². The molecule has 0 fully saturated rings. The van der Waals surface area contributed by atoms with Gasteiger partial charge in [-0.1, -0.05) is 0 Å². The molecule has 0 saturated heterocycles. The second-order valence-electron chi connectivity index (χ2n) is 8.61. The van der Waals surface area contributed by atoms with Crippen LogP contribution in [0.15, 0.2) is 0 Å². The smallest absolute Gasteiger partial charge is 0.324 e. The molecular weight excluding hydrogens is 744 g/mol. The summed E-state index contributed by atoms with van der Waals surface area (Å²) in [4.78, 5) is 155. The Labute approximate surface area is 226 Å². The third-order valence-electron chi connectivity index (χ3n) is 5.08. The number of hydrogen-bond acceptors (Lipinski definition) is 10. The van der Waals surface area contributed by atoms with Gasteiger partial charge in [-0.15, -0.1) is 0 Å². The van der Waals surface area contributed by atoms with Crippen LogP contribution in [0.3, 0.4) is 0 Å². The van der Waals surface area contributed by atoms with Gasteiger partial charge >= 0.3 is 60.8 Å². The van der Waals surface area contributed by atoms with E-state index in [0.29, 0.717) is 0 Å². The van der Waals surface area contributed by atoms with Crippen molar-refractivity contribution in [2.45, 2.75) is 33.7 Å². The van der Waals surface area contributed by atoms with Crippen molar-refractivity contribution in [1.29, 1.82) is 0 Å². The zero-order valence-electron chi connectivity index (χ0n) is 19.2. The Morgan fingerprint density at radius 2 is 0.512 bits per heavy atom. The average molecular weight is 770 g/mol. The Hall–Kier alpha value is 1.12. The molecule has 0 aromatic rings. The van der Waals surface area contributed by atoms with Crippen molar-refractivity contribution >= 4 is 60.8 Å². The van der Waals surface area contributed by atoms with Crippen LogP contribution in [0.5, 0.6) is 0 Å². The number of hydrogen-bond donors (Lipinski definition) is 18. The second kappa shape index (κ2) is 12.0. The van der Waals surface area contributed by atoms with Crippen molar-refractivity contribution < 1.29 is 115 Å². The highest BCUT2D eigenvalue weighted by atomic mass is 31.3. The molecule has 20 N–H and O–H groups in total. The average Bonchev–Trinajstić information content (AvgIpc) is 2.38. The van der Waals surface area contributed by atoms with Crippen LogP contribution in [0.1, 0.15) is 6.42 Å². The maximum absolute atomic E-state index is 12.4. The van der Waals surface area contributed by atoms with Gasteiger partial charge in [0.15, 0.2) is 21.6 Å². The molecule has 34 heteroatoms. The van der Waals surface area contributed by atoms with E-state index in [1.54, 1.807) is 0 Å². The van der Waals surface area contributed by atoms with Gasteiger partial charge in [0.2, 0.25) is 0 Å². The molecule has 0 aromatic carbocycles. The summed E-state index contributed by atoms with van der Waals surface area (Å²) in [5, 5.41) is -18.4. The first-order valence-electron chi connectivity index (χ1n) is 9.17. The molecule has 0 heterocycles. The Morgan fingerprint density at radius 1 is 0.366 bits per heavy atom. The van der Waals surface area contributed by atoms with Gasteiger partial charge in [0.25, 0.3) is 0 Å². The Morgan fingerprint density at radius 3 is 0.634 bits per heavy atom. The van der Waals surface area contributed by atoms with Crippen molar-refractivity contribution in [3.8, 4) is 0 Å². The Kier molecular flexibility index (Phi) is 12.4. The van der Waals surface area contributed by atoms with Crippen LogP contribution < -0.4 is 11.5 Å². The minimum absolute atomic E-state index is 3.15. The quantitative estimate of drug-likeness (QED) is 0.0587. The molecule has 0 spiro atoms. The summed E-state index contributed by atoms with van der Waals surface area (Å²) in [5.74, 6) is 0. The van der Waals surface area contributed by atoms with Crippen LogP contribution >= 0.6 is 60.8 Å². The van der Waals surface area contributed by atoms with Crippen LogP contribution in [-0.4, -0.2) is 106 Å². The maximum Gasteiger partial charge on any atom is 0.343 e. The molecule has 0 aliphatic heterocycles. The van der Waals surface area contributed by atoms with Gasteiger partial charge < -0.3 is 89.8 Å². The molecule has 0 radical (unpaired) electrons. The molecule has 26 nitrogen and oxygen atoms in total. The monoisotopic (exact) mass is 770 g/mol. The summed E-state index contributed by atoms with van der Waals surface area (Å²) < 4.78 is 98.2. The predicted octanol–water partition coefficient (Wildman–Crippen LogP) is -4.30. The molecule has 0 aliphatic carbocycles. The molecule has 0 rings (SSSR count). The van der Waals surface area contributed by atoms with E-state index in [2.05, 4.69) is 0 Å². The van der Waals surface area contributed by atoms with E-state index in [0.717, 1.165) is 0 Å². The number of rotatable bonds is 14. The van der Waals surface area contributed by atoms with Gasteiger partial charge in [0.1, 0.15) is 0 Å². The molecule has 0 amide bonds. The van der Waals surface area contributed by atoms with E-state index in [4.69, 9.17) is 11.5 Å². The highest BCUT2D eigenvalue weighted by Gasteiger charge is 2.79. The summed E-state index contributed by atoms with van der Waals surface area (Å²) in [7, 11) is -56.7. The molecule has 0 atom stereocenters. The third kappa shape index (κ3) is 10.1.